The zero-order chi connectivity index (χ0) is 10.5. The average molecular weight is 205 g/mol. The van der Waals surface area contributed by atoms with E-state index in [1.807, 2.05) is 6.07 Å². The van der Waals surface area contributed by atoms with Crippen LogP contribution in [0.1, 0.15) is 39.0 Å². The Labute approximate surface area is 91.3 Å². The first-order chi connectivity index (χ1) is 7.34. The van der Waals surface area contributed by atoms with E-state index < -0.39 is 0 Å². The second-order valence-corrected chi connectivity index (χ2v) is 4.55. The molecule has 3 heteroatoms. The van der Waals surface area contributed by atoms with E-state index >= 15 is 0 Å². The lowest BCUT2D eigenvalue weighted by Gasteiger charge is -2.16. The number of rotatable bonds is 2. The molecule has 1 aromatic rings. The standard InChI is InChI=1S/C12H19N3/c1-10-3-2-4-11(6-5-10)15-12-7-8-13-9-14-12/h7-11H,2-6H2,1H3,(H,13,14,15). The highest BCUT2D eigenvalue weighted by atomic mass is 15.0. The Morgan fingerprint density at radius 2 is 2.20 bits per heavy atom. The molecule has 0 aromatic carbocycles. The van der Waals surface area contributed by atoms with E-state index in [0.717, 1.165) is 11.7 Å². The summed E-state index contributed by atoms with van der Waals surface area (Å²) in [4.78, 5) is 8.12. The quantitative estimate of drug-likeness (QED) is 0.754. The minimum Gasteiger partial charge on any atom is -0.367 e. The van der Waals surface area contributed by atoms with Gasteiger partial charge < -0.3 is 5.32 Å². The maximum Gasteiger partial charge on any atom is 0.129 e. The topological polar surface area (TPSA) is 37.8 Å². The van der Waals surface area contributed by atoms with Crippen molar-refractivity contribution in [2.24, 2.45) is 5.92 Å². The van der Waals surface area contributed by atoms with E-state index in [9.17, 15) is 0 Å². The maximum absolute atomic E-state index is 4.20. The van der Waals surface area contributed by atoms with Crippen LogP contribution < -0.4 is 5.32 Å². The summed E-state index contributed by atoms with van der Waals surface area (Å²) in [6.07, 6.45) is 9.98. The minimum absolute atomic E-state index is 0.602. The molecule has 2 rings (SSSR count). The normalized spacial score (nSPS) is 27.0. The molecule has 1 fully saturated rings. The smallest absolute Gasteiger partial charge is 0.129 e. The molecule has 1 aliphatic rings. The molecule has 2 atom stereocenters. The summed E-state index contributed by atoms with van der Waals surface area (Å²) in [5, 5.41) is 3.49. The van der Waals surface area contributed by atoms with Crippen LogP contribution >= 0.6 is 0 Å². The highest BCUT2D eigenvalue weighted by Gasteiger charge is 2.15. The van der Waals surface area contributed by atoms with Crippen molar-refractivity contribution in [3.8, 4) is 0 Å². The third-order valence-corrected chi connectivity index (χ3v) is 3.19. The molecule has 0 spiro atoms. The van der Waals surface area contributed by atoms with E-state index in [-0.39, 0.29) is 0 Å². The van der Waals surface area contributed by atoms with Crippen molar-refractivity contribution < 1.29 is 0 Å². The van der Waals surface area contributed by atoms with Gasteiger partial charge in [-0.2, -0.15) is 0 Å². The number of anilines is 1. The summed E-state index contributed by atoms with van der Waals surface area (Å²) in [5.41, 5.74) is 0. The number of hydrogen-bond donors (Lipinski definition) is 1. The maximum atomic E-state index is 4.20. The third-order valence-electron chi connectivity index (χ3n) is 3.19. The largest absolute Gasteiger partial charge is 0.367 e. The highest BCUT2D eigenvalue weighted by molar-refractivity contribution is 5.32. The summed E-state index contributed by atoms with van der Waals surface area (Å²) < 4.78 is 0. The SMILES string of the molecule is CC1CCCC(Nc2ccncn2)CC1. The van der Waals surface area contributed by atoms with Crippen LogP contribution in [0.4, 0.5) is 5.82 Å². The molecule has 1 aromatic heterocycles. The lowest BCUT2D eigenvalue weighted by Crippen LogP contribution is -2.19. The number of hydrogen-bond acceptors (Lipinski definition) is 3. The monoisotopic (exact) mass is 205 g/mol. The van der Waals surface area contributed by atoms with Gasteiger partial charge in [-0.3, -0.25) is 0 Å². The van der Waals surface area contributed by atoms with Crippen molar-refractivity contribution in [2.75, 3.05) is 5.32 Å². The predicted molar refractivity (Wildman–Crippen MR) is 61.7 cm³/mol. The first kappa shape index (κ1) is 10.4. The van der Waals surface area contributed by atoms with Crippen molar-refractivity contribution in [1.82, 2.24) is 9.97 Å². The van der Waals surface area contributed by atoms with Crippen LogP contribution in [0.15, 0.2) is 18.6 Å². The van der Waals surface area contributed by atoms with Crippen LogP contribution in [-0.2, 0) is 0 Å². The van der Waals surface area contributed by atoms with E-state index in [1.54, 1.807) is 12.5 Å². The summed E-state index contributed by atoms with van der Waals surface area (Å²) in [7, 11) is 0. The van der Waals surface area contributed by atoms with Gasteiger partial charge in [0.15, 0.2) is 0 Å². The molecule has 1 saturated carbocycles. The van der Waals surface area contributed by atoms with Crippen LogP contribution in [0.3, 0.4) is 0 Å². The number of aromatic nitrogens is 2. The van der Waals surface area contributed by atoms with Crippen LogP contribution in [0.25, 0.3) is 0 Å². The Balaban J connectivity index is 1.89. The van der Waals surface area contributed by atoms with Gasteiger partial charge >= 0.3 is 0 Å². The van der Waals surface area contributed by atoms with Gasteiger partial charge in [0.05, 0.1) is 0 Å². The van der Waals surface area contributed by atoms with Gasteiger partial charge in [0.25, 0.3) is 0 Å². The van der Waals surface area contributed by atoms with Gasteiger partial charge in [-0.1, -0.05) is 19.8 Å². The van der Waals surface area contributed by atoms with E-state index in [4.69, 9.17) is 0 Å². The van der Waals surface area contributed by atoms with Gasteiger partial charge in [0, 0.05) is 12.2 Å². The third kappa shape index (κ3) is 3.18. The lowest BCUT2D eigenvalue weighted by atomic mass is 10.0. The van der Waals surface area contributed by atoms with Crippen LogP contribution in [0.2, 0.25) is 0 Å². The van der Waals surface area contributed by atoms with Crippen molar-refractivity contribution in [3.05, 3.63) is 18.6 Å². The molecule has 0 amide bonds. The Morgan fingerprint density at radius 1 is 1.27 bits per heavy atom. The van der Waals surface area contributed by atoms with Crippen LogP contribution in [-0.4, -0.2) is 16.0 Å². The van der Waals surface area contributed by atoms with Crippen molar-refractivity contribution in [1.29, 1.82) is 0 Å². The van der Waals surface area contributed by atoms with Gasteiger partial charge in [-0.25, -0.2) is 9.97 Å². The van der Waals surface area contributed by atoms with E-state index in [0.29, 0.717) is 6.04 Å². The second-order valence-electron chi connectivity index (χ2n) is 4.55. The molecular formula is C12H19N3. The molecule has 82 valence electrons. The summed E-state index contributed by atoms with van der Waals surface area (Å²) >= 11 is 0. The molecule has 0 bridgehead atoms. The van der Waals surface area contributed by atoms with E-state index in [1.165, 1.54) is 32.1 Å². The van der Waals surface area contributed by atoms with Crippen LogP contribution in [0.5, 0.6) is 0 Å². The molecule has 1 N–H and O–H groups in total. The number of nitrogens with zero attached hydrogens (tertiary/aromatic N) is 2. The zero-order valence-corrected chi connectivity index (χ0v) is 9.32. The van der Waals surface area contributed by atoms with Gasteiger partial charge in [0.1, 0.15) is 12.1 Å². The predicted octanol–water partition coefficient (Wildman–Crippen LogP) is 2.86. The molecule has 1 heterocycles. The first-order valence-electron chi connectivity index (χ1n) is 5.87. The Kier molecular flexibility index (Phi) is 3.54. The van der Waals surface area contributed by atoms with Crippen LogP contribution in [0, 0.1) is 5.92 Å². The fourth-order valence-electron chi connectivity index (χ4n) is 2.22. The molecule has 15 heavy (non-hydrogen) atoms. The number of nitrogens with one attached hydrogen (secondary N) is 1. The molecular weight excluding hydrogens is 186 g/mol. The Bertz CT molecular complexity index is 286. The summed E-state index contributed by atoms with van der Waals surface area (Å²) in [5.74, 6) is 1.85. The molecule has 0 radical (unpaired) electrons. The summed E-state index contributed by atoms with van der Waals surface area (Å²) in [6.45, 7) is 2.35. The molecule has 2 unspecified atom stereocenters. The fourth-order valence-corrected chi connectivity index (χ4v) is 2.22. The summed E-state index contributed by atoms with van der Waals surface area (Å²) in [6, 6.07) is 2.54. The van der Waals surface area contributed by atoms with Gasteiger partial charge in [0.2, 0.25) is 0 Å². The fraction of sp³-hybridized carbons (Fsp3) is 0.667. The van der Waals surface area contributed by atoms with Gasteiger partial charge in [-0.05, 0) is 31.2 Å². The highest BCUT2D eigenvalue weighted by Crippen LogP contribution is 2.24. The Hall–Kier alpha value is -1.12. The average Bonchev–Trinajstić information content (AvgIpc) is 2.46. The van der Waals surface area contributed by atoms with Crippen molar-refractivity contribution >= 4 is 5.82 Å². The van der Waals surface area contributed by atoms with Crippen molar-refractivity contribution in [2.45, 2.75) is 45.1 Å². The Morgan fingerprint density at radius 3 is 3.00 bits per heavy atom. The first-order valence-corrected chi connectivity index (χ1v) is 5.87. The lowest BCUT2D eigenvalue weighted by molar-refractivity contribution is 0.502. The molecule has 3 nitrogen and oxygen atoms in total. The molecule has 0 aliphatic heterocycles. The molecule has 1 aliphatic carbocycles. The second kappa shape index (κ2) is 5.10. The minimum atomic E-state index is 0.602. The van der Waals surface area contributed by atoms with Gasteiger partial charge in [-0.15, -0.1) is 0 Å². The van der Waals surface area contributed by atoms with E-state index in [2.05, 4.69) is 22.2 Å². The zero-order valence-electron chi connectivity index (χ0n) is 9.32. The van der Waals surface area contributed by atoms with Crippen molar-refractivity contribution in [3.63, 3.8) is 0 Å². The molecule has 0 saturated heterocycles.